The second-order valence-corrected chi connectivity index (χ2v) is 4.91. The molecule has 2 aromatic carbocycles. The number of nitrogens with zero attached hydrogens (tertiary/aromatic N) is 1. The zero-order valence-electron chi connectivity index (χ0n) is 10.5. The van der Waals surface area contributed by atoms with Crippen LogP contribution in [0.15, 0.2) is 53.6 Å². The molecule has 2 aromatic rings. The lowest BCUT2D eigenvalue weighted by atomic mass is 10.2. The second-order valence-electron chi connectivity index (χ2n) is 4.07. The van der Waals surface area contributed by atoms with Crippen LogP contribution in [0.4, 0.5) is 0 Å². The third-order valence-corrected chi connectivity index (χ3v) is 3.15. The highest BCUT2D eigenvalue weighted by Crippen LogP contribution is 2.20. The molecule has 1 N–H and O–H groups in total. The number of hydrogen-bond acceptors (Lipinski definition) is 2. The van der Waals surface area contributed by atoms with Gasteiger partial charge in [0.25, 0.3) is 5.91 Å². The van der Waals surface area contributed by atoms with Crippen molar-refractivity contribution in [3.05, 3.63) is 69.7 Å². The zero-order valence-corrected chi connectivity index (χ0v) is 12.0. The molecule has 0 spiro atoms. The quantitative estimate of drug-likeness (QED) is 0.674. The molecule has 0 aromatic heterocycles. The van der Waals surface area contributed by atoms with Crippen molar-refractivity contribution in [1.29, 1.82) is 0 Å². The first-order valence-electron chi connectivity index (χ1n) is 5.97. The van der Waals surface area contributed by atoms with Gasteiger partial charge in [0.05, 0.1) is 10.6 Å². The van der Waals surface area contributed by atoms with Gasteiger partial charge in [0.15, 0.2) is 0 Å². The minimum atomic E-state index is -0.365. The second kappa shape index (κ2) is 7.08. The number of rotatable bonds is 4. The summed E-state index contributed by atoms with van der Waals surface area (Å²) in [6, 6.07) is 14.5. The molecule has 0 fully saturated rings. The van der Waals surface area contributed by atoms with Crippen molar-refractivity contribution in [3.8, 4) is 0 Å². The normalized spacial score (nSPS) is 10.7. The lowest BCUT2D eigenvalue weighted by Crippen LogP contribution is -2.18. The maximum absolute atomic E-state index is 11.8. The monoisotopic (exact) mass is 306 g/mol. The van der Waals surface area contributed by atoms with Crippen molar-refractivity contribution < 1.29 is 4.79 Å². The zero-order chi connectivity index (χ0) is 14.4. The Morgan fingerprint density at radius 1 is 1.15 bits per heavy atom. The van der Waals surface area contributed by atoms with E-state index in [0.717, 1.165) is 5.56 Å². The van der Waals surface area contributed by atoms with E-state index < -0.39 is 0 Å². The van der Waals surface area contributed by atoms with Crippen molar-refractivity contribution in [3.63, 3.8) is 0 Å². The van der Waals surface area contributed by atoms with Crippen LogP contribution in [0.25, 0.3) is 0 Å². The van der Waals surface area contributed by atoms with Crippen LogP contribution >= 0.6 is 23.2 Å². The van der Waals surface area contributed by atoms with Gasteiger partial charge >= 0.3 is 0 Å². The maximum atomic E-state index is 11.8. The molecule has 1 amide bonds. The molecule has 0 bridgehead atoms. The molecule has 20 heavy (non-hydrogen) atoms. The minimum absolute atomic E-state index is 0.299. The van der Waals surface area contributed by atoms with Gasteiger partial charge in [0, 0.05) is 17.7 Å². The molecule has 0 atom stereocenters. The number of amides is 1. The molecule has 2 rings (SSSR count). The summed E-state index contributed by atoms with van der Waals surface area (Å²) in [5.74, 6) is -0.365. The van der Waals surface area contributed by atoms with Gasteiger partial charge in [0.1, 0.15) is 0 Å². The molecule has 0 radical (unpaired) electrons. The lowest BCUT2D eigenvalue weighted by molar-refractivity contribution is 0.0955. The van der Waals surface area contributed by atoms with Gasteiger partial charge in [-0.3, -0.25) is 4.79 Å². The highest BCUT2D eigenvalue weighted by molar-refractivity contribution is 6.36. The van der Waals surface area contributed by atoms with Crippen molar-refractivity contribution in [1.82, 2.24) is 5.43 Å². The van der Waals surface area contributed by atoms with E-state index in [4.69, 9.17) is 23.2 Å². The fraction of sp³-hybridized carbons (Fsp3) is 0.0667. The number of hydrogen-bond donors (Lipinski definition) is 1. The largest absolute Gasteiger partial charge is 0.272 e. The smallest absolute Gasteiger partial charge is 0.267 e. The molecular formula is C15H12Cl2N2O. The molecule has 0 saturated heterocycles. The first-order valence-corrected chi connectivity index (χ1v) is 6.73. The van der Waals surface area contributed by atoms with Crippen molar-refractivity contribution in [2.24, 2.45) is 5.10 Å². The SMILES string of the molecule is O=C(N/N=C/Cc1ccccc1)c1ccc(Cl)cc1Cl. The number of nitrogens with one attached hydrogen (secondary N) is 1. The Morgan fingerprint density at radius 3 is 2.60 bits per heavy atom. The summed E-state index contributed by atoms with van der Waals surface area (Å²) in [5.41, 5.74) is 3.89. The molecule has 3 nitrogen and oxygen atoms in total. The van der Waals surface area contributed by atoms with E-state index in [2.05, 4.69) is 10.5 Å². The van der Waals surface area contributed by atoms with Crippen LogP contribution in [0.3, 0.4) is 0 Å². The topological polar surface area (TPSA) is 41.5 Å². The first-order chi connectivity index (χ1) is 9.66. The summed E-state index contributed by atoms with van der Waals surface area (Å²) in [4.78, 5) is 11.8. The van der Waals surface area contributed by atoms with Gasteiger partial charge in [-0.15, -0.1) is 0 Å². The highest BCUT2D eigenvalue weighted by Gasteiger charge is 2.09. The van der Waals surface area contributed by atoms with E-state index in [1.165, 1.54) is 6.07 Å². The van der Waals surface area contributed by atoms with Crippen LogP contribution in [-0.4, -0.2) is 12.1 Å². The maximum Gasteiger partial charge on any atom is 0.272 e. The standard InChI is InChI=1S/C15H12Cl2N2O/c16-12-6-7-13(14(17)10-12)15(20)19-18-9-8-11-4-2-1-3-5-11/h1-7,9-10H,8H2,(H,19,20)/b18-9+. The van der Waals surface area contributed by atoms with Crippen molar-refractivity contribution >= 4 is 35.3 Å². The fourth-order valence-corrected chi connectivity index (χ4v) is 2.10. The molecule has 0 saturated carbocycles. The van der Waals surface area contributed by atoms with E-state index in [1.54, 1.807) is 18.3 Å². The van der Waals surface area contributed by atoms with Crippen LogP contribution in [0, 0.1) is 0 Å². The first kappa shape index (κ1) is 14.6. The van der Waals surface area contributed by atoms with Crippen LogP contribution in [0.1, 0.15) is 15.9 Å². The molecular weight excluding hydrogens is 295 g/mol. The van der Waals surface area contributed by atoms with Crippen LogP contribution in [-0.2, 0) is 6.42 Å². The minimum Gasteiger partial charge on any atom is -0.267 e. The van der Waals surface area contributed by atoms with E-state index in [9.17, 15) is 4.79 Å². The van der Waals surface area contributed by atoms with Crippen LogP contribution < -0.4 is 5.43 Å². The summed E-state index contributed by atoms with van der Waals surface area (Å²) in [6.45, 7) is 0. The Hall–Kier alpha value is -1.84. The van der Waals surface area contributed by atoms with E-state index in [1.807, 2.05) is 30.3 Å². The summed E-state index contributed by atoms with van der Waals surface area (Å²) in [5, 5.41) is 4.67. The number of halogens is 2. The number of carbonyl (C=O) groups is 1. The number of benzene rings is 2. The summed E-state index contributed by atoms with van der Waals surface area (Å²) >= 11 is 11.7. The Balaban J connectivity index is 1.92. The third kappa shape index (κ3) is 4.08. The molecule has 0 unspecified atom stereocenters. The average molecular weight is 307 g/mol. The Morgan fingerprint density at radius 2 is 1.90 bits per heavy atom. The van der Waals surface area contributed by atoms with Gasteiger partial charge in [-0.25, -0.2) is 5.43 Å². The van der Waals surface area contributed by atoms with Crippen LogP contribution in [0.5, 0.6) is 0 Å². The van der Waals surface area contributed by atoms with E-state index >= 15 is 0 Å². The predicted molar refractivity (Wildman–Crippen MR) is 82.6 cm³/mol. The van der Waals surface area contributed by atoms with Gasteiger partial charge in [0.2, 0.25) is 0 Å². The molecule has 0 heterocycles. The molecule has 0 aliphatic carbocycles. The Kier molecular flexibility index (Phi) is 5.16. The fourth-order valence-electron chi connectivity index (χ4n) is 1.60. The van der Waals surface area contributed by atoms with Crippen molar-refractivity contribution in [2.45, 2.75) is 6.42 Å². The average Bonchev–Trinajstić information content (AvgIpc) is 2.44. The van der Waals surface area contributed by atoms with Gasteiger partial charge in [-0.1, -0.05) is 53.5 Å². The molecule has 5 heteroatoms. The predicted octanol–water partition coefficient (Wildman–Crippen LogP) is 3.95. The summed E-state index contributed by atoms with van der Waals surface area (Å²) in [7, 11) is 0. The molecule has 102 valence electrons. The lowest BCUT2D eigenvalue weighted by Gasteiger charge is -2.02. The molecule has 0 aliphatic rings. The summed E-state index contributed by atoms with van der Waals surface area (Å²) < 4.78 is 0. The van der Waals surface area contributed by atoms with E-state index in [-0.39, 0.29) is 5.91 Å². The number of carbonyl (C=O) groups excluding carboxylic acids is 1. The highest BCUT2D eigenvalue weighted by atomic mass is 35.5. The third-order valence-electron chi connectivity index (χ3n) is 2.60. The molecule has 0 aliphatic heterocycles. The van der Waals surface area contributed by atoms with Gasteiger partial charge in [-0.05, 0) is 23.8 Å². The van der Waals surface area contributed by atoms with Crippen molar-refractivity contribution in [2.75, 3.05) is 0 Å². The van der Waals surface area contributed by atoms with Gasteiger partial charge < -0.3 is 0 Å². The summed E-state index contributed by atoms with van der Waals surface area (Å²) in [6.07, 6.45) is 2.28. The van der Waals surface area contributed by atoms with Gasteiger partial charge in [-0.2, -0.15) is 5.10 Å². The Labute approximate surface area is 127 Å². The number of hydrazone groups is 1. The Bertz CT molecular complexity index is 627. The van der Waals surface area contributed by atoms with Crippen LogP contribution in [0.2, 0.25) is 10.0 Å². The van der Waals surface area contributed by atoms with E-state index in [0.29, 0.717) is 22.0 Å².